The number of nitrogens with zero attached hydrogens (tertiary/aromatic N) is 3. The fourth-order valence-corrected chi connectivity index (χ4v) is 5.18. The SMILES string of the molecule is O=S(=O)(c1cn(CC2=NCCN2)c2cc(Br)ccc12)N1CCOCC1. The molecule has 0 saturated carbocycles. The maximum atomic E-state index is 13.1. The lowest BCUT2D eigenvalue weighted by Gasteiger charge is -2.25. The molecule has 2 aliphatic heterocycles. The third kappa shape index (κ3) is 3.21. The van der Waals surface area contributed by atoms with Gasteiger partial charge in [-0.05, 0) is 12.1 Å². The maximum absolute atomic E-state index is 13.1. The number of hydrogen-bond donors (Lipinski definition) is 1. The first-order valence-electron chi connectivity index (χ1n) is 8.19. The van der Waals surface area contributed by atoms with Gasteiger partial charge in [-0.15, -0.1) is 0 Å². The molecule has 1 fully saturated rings. The van der Waals surface area contributed by atoms with Crippen LogP contribution in [0.15, 0.2) is 38.8 Å². The molecule has 25 heavy (non-hydrogen) atoms. The van der Waals surface area contributed by atoms with E-state index >= 15 is 0 Å². The molecule has 0 aliphatic carbocycles. The van der Waals surface area contributed by atoms with Gasteiger partial charge in [-0.1, -0.05) is 22.0 Å². The molecule has 1 N–H and O–H groups in total. The lowest BCUT2D eigenvalue weighted by molar-refractivity contribution is 0.0730. The Morgan fingerprint density at radius 3 is 2.80 bits per heavy atom. The molecule has 0 spiro atoms. The van der Waals surface area contributed by atoms with Gasteiger partial charge in [0.2, 0.25) is 10.0 Å². The van der Waals surface area contributed by atoms with E-state index in [1.54, 1.807) is 6.20 Å². The van der Waals surface area contributed by atoms with Gasteiger partial charge in [-0.2, -0.15) is 4.31 Å². The number of rotatable bonds is 4. The summed E-state index contributed by atoms with van der Waals surface area (Å²) < 4.78 is 35.9. The number of fused-ring (bicyclic) bond motifs is 1. The summed E-state index contributed by atoms with van der Waals surface area (Å²) in [7, 11) is -3.56. The summed E-state index contributed by atoms with van der Waals surface area (Å²) in [5.41, 5.74) is 0.873. The zero-order valence-corrected chi connectivity index (χ0v) is 16.0. The quantitative estimate of drug-likeness (QED) is 0.801. The van der Waals surface area contributed by atoms with Gasteiger partial charge in [0, 0.05) is 35.7 Å². The maximum Gasteiger partial charge on any atom is 0.245 e. The number of halogens is 1. The number of sulfonamides is 1. The Balaban J connectivity index is 1.80. The van der Waals surface area contributed by atoms with Crippen LogP contribution in [0.4, 0.5) is 0 Å². The Hall–Kier alpha value is -1.42. The molecule has 1 saturated heterocycles. The van der Waals surface area contributed by atoms with Gasteiger partial charge >= 0.3 is 0 Å². The number of aromatic nitrogens is 1. The summed E-state index contributed by atoms with van der Waals surface area (Å²) in [5.74, 6) is 0.882. The molecule has 0 unspecified atom stereocenters. The summed E-state index contributed by atoms with van der Waals surface area (Å²) in [4.78, 5) is 4.76. The first-order valence-corrected chi connectivity index (χ1v) is 10.4. The standard InChI is InChI=1S/C16H19BrN4O3S/c17-12-1-2-13-14(9-12)20(11-16-18-3-4-19-16)10-15(13)25(22,23)21-5-7-24-8-6-21/h1-2,9-10H,3-8,11H2,(H,18,19). The number of morpholine rings is 1. The van der Waals surface area contributed by atoms with E-state index in [2.05, 4.69) is 26.2 Å². The number of nitrogens with one attached hydrogen (secondary N) is 1. The van der Waals surface area contributed by atoms with E-state index in [1.165, 1.54) is 4.31 Å². The fourth-order valence-electron chi connectivity index (χ4n) is 3.21. The predicted octanol–water partition coefficient (Wildman–Crippen LogP) is 1.43. The second kappa shape index (κ2) is 6.71. The monoisotopic (exact) mass is 426 g/mol. The Bertz CT molecular complexity index is 932. The van der Waals surface area contributed by atoms with E-state index in [9.17, 15) is 8.42 Å². The Morgan fingerprint density at radius 2 is 2.08 bits per heavy atom. The summed E-state index contributed by atoms with van der Waals surface area (Å²) in [6.07, 6.45) is 1.73. The largest absolute Gasteiger partial charge is 0.379 e. The van der Waals surface area contributed by atoms with Gasteiger partial charge in [0.05, 0.1) is 31.8 Å². The van der Waals surface area contributed by atoms with Crippen molar-refractivity contribution >= 4 is 42.7 Å². The Morgan fingerprint density at radius 1 is 1.28 bits per heavy atom. The van der Waals surface area contributed by atoms with Gasteiger partial charge < -0.3 is 14.6 Å². The number of benzene rings is 1. The molecule has 0 radical (unpaired) electrons. The lowest BCUT2D eigenvalue weighted by atomic mass is 10.2. The van der Waals surface area contributed by atoms with Crippen molar-refractivity contribution in [1.29, 1.82) is 0 Å². The zero-order valence-electron chi connectivity index (χ0n) is 13.6. The average molecular weight is 427 g/mol. The van der Waals surface area contributed by atoms with Crippen molar-refractivity contribution in [3.8, 4) is 0 Å². The molecule has 2 aromatic rings. The van der Waals surface area contributed by atoms with Gasteiger partial charge in [0.1, 0.15) is 10.7 Å². The second-order valence-corrected chi connectivity index (χ2v) is 8.88. The summed E-state index contributed by atoms with van der Waals surface area (Å²) in [5, 5.41) is 3.97. The van der Waals surface area contributed by atoms with E-state index < -0.39 is 10.0 Å². The van der Waals surface area contributed by atoms with Crippen LogP contribution in [0.25, 0.3) is 10.9 Å². The van der Waals surface area contributed by atoms with Crippen molar-refractivity contribution in [3.05, 3.63) is 28.9 Å². The minimum absolute atomic E-state index is 0.343. The highest BCUT2D eigenvalue weighted by Crippen LogP contribution is 2.30. The average Bonchev–Trinajstić information content (AvgIpc) is 3.24. The van der Waals surface area contributed by atoms with E-state index in [4.69, 9.17) is 4.74 Å². The van der Waals surface area contributed by atoms with E-state index in [-0.39, 0.29) is 0 Å². The number of hydrogen-bond acceptors (Lipinski definition) is 5. The third-order valence-electron chi connectivity index (χ3n) is 4.46. The van der Waals surface area contributed by atoms with Gasteiger partial charge in [0.25, 0.3) is 0 Å². The van der Waals surface area contributed by atoms with E-state index in [0.29, 0.717) is 37.7 Å². The topological polar surface area (TPSA) is 75.9 Å². The number of amidine groups is 1. The van der Waals surface area contributed by atoms with Crippen molar-refractivity contribution < 1.29 is 13.2 Å². The molecule has 3 heterocycles. The molecular weight excluding hydrogens is 408 g/mol. The van der Waals surface area contributed by atoms with Crippen LogP contribution in [0.3, 0.4) is 0 Å². The highest BCUT2D eigenvalue weighted by atomic mass is 79.9. The highest BCUT2D eigenvalue weighted by Gasteiger charge is 2.30. The molecule has 0 bridgehead atoms. The molecule has 0 atom stereocenters. The highest BCUT2D eigenvalue weighted by molar-refractivity contribution is 9.10. The number of aliphatic imine (C=N–C) groups is 1. The Labute approximate surface area is 154 Å². The fraction of sp³-hybridized carbons (Fsp3) is 0.438. The van der Waals surface area contributed by atoms with Crippen molar-refractivity contribution in [2.24, 2.45) is 4.99 Å². The molecule has 134 valence electrons. The van der Waals surface area contributed by atoms with Gasteiger partial charge in [0.15, 0.2) is 0 Å². The van der Waals surface area contributed by atoms with E-state index in [0.717, 1.165) is 34.3 Å². The van der Waals surface area contributed by atoms with Crippen LogP contribution in [0.5, 0.6) is 0 Å². The predicted molar refractivity (Wildman–Crippen MR) is 99.5 cm³/mol. The first-order chi connectivity index (χ1) is 12.1. The van der Waals surface area contributed by atoms with E-state index in [1.807, 2.05) is 22.8 Å². The zero-order chi connectivity index (χ0) is 17.4. The van der Waals surface area contributed by atoms with Crippen molar-refractivity contribution in [2.75, 3.05) is 39.4 Å². The third-order valence-corrected chi connectivity index (χ3v) is 6.88. The molecule has 1 aromatic heterocycles. The van der Waals surface area contributed by atoms with Crippen LogP contribution in [0, 0.1) is 0 Å². The Kier molecular flexibility index (Phi) is 4.57. The minimum Gasteiger partial charge on any atom is -0.379 e. The molecular formula is C16H19BrN4O3S. The normalized spacial score (nSPS) is 19.2. The molecule has 7 nitrogen and oxygen atoms in total. The van der Waals surface area contributed by atoms with Crippen LogP contribution < -0.4 is 5.32 Å². The van der Waals surface area contributed by atoms with Crippen LogP contribution in [-0.4, -0.2) is 62.5 Å². The second-order valence-electron chi connectivity index (χ2n) is 6.05. The van der Waals surface area contributed by atoms with Crippen molar-refractivity contribution in [2.45, 2.75) is 11.4 Å². The summed E-state index contributed by atoms with van der Waals surface area (Å²) in [6, 6.07) is 5.67. The van der Waals surface area contributed by atoms with Crippen LogP contribution in [0.2, 0.25) is 0 Å². The van der Waals surface area contributed by atoms with Gasteiger partial charge in [-0.25, -0.2) is 8.42 Å². The first kappa shape index (κ1) is 17.0. The van der Waals surface area contributed by atoms with Crippen molar-refractivity contribution in [1.82, 2.24) is 14.2 Å². The molecule has 1 aromatic carbocycles. The van der Waals surface area contributed by atoms with Crippen LogP contribution >= 0.6 is 15.9 Å². The lowest BCUT2D eigenvalue weighted by Crippen LogP contribution is -2.40. The molecule has 2 aliphatic rings. The van der Waals surface area contributed by atoms with Crippen molar-refractivity contribution in [3.63, 3.8) is 0 Å². The summed E-state index contributed by atoms with van der Waals surface area (Å²) in [6.45, 7) is 3.77. The smallest absolute Gasteiger partial charge is 0.245 e. The van der Waals surface area contributed by atoms with Crippen LogP contribution in [-0.2, 0) is 21.3 Å². The minimum atomic E-state index is -3.56. The van der Waals surface area contributed by atoms with Gasteiger partial charge in [-0.3, -0.25) is 4.99 Å². The molecule has 0 amide bonds. The number of ether oxygens (including phenoxy) is 1. The summed E-state index contributed by atoms with van der Waals surface area (Å²) >= 11 is 3.48. The molecule has 9 heteroatoms. The van der Waals surface area contributed by atoms with Crippen LogP contribution in [0.1, 0.15) is 0 Å². The molecule has 4 rings (SSSR count).